The van der Waals surface area contributed by atoms with Crippen LogP contribution in [0.3, 0.4) is 0 Å². The standard InChI is InChI=1S/C64H55N3/c1-5-7-39-64(4,67-62-33-17-14-29-54(62)55-30-15-18-34-63(55)67)51-36-38-59-58(44-51)53(45(3)65(59)40-6-2)28-12-11-21-46-35-37-61-57(41-46)56-31-13-16-32-60(56)66(61)52-27-20-26-50(43-52)49-25-19-24-48(42-49)47-22-9-8-10-23-47/h8-10,12-20,22-38,41-44H,5-7,39-40H2,1-4H3/b28-12-. The Balaban J connectivity index is 0.956. The van der Waals surface area contributed by atoms with Gasteiger partial charge in [-0.1, -0.05) is 160 Å². The number of para-hydroxylation sites is 3. The number of aromatic nitrogens is 3. The van der Waals surface area contributed by atoms with E-state index in [9.17, 15) is 0 Å². The third-order valence-corrected chi connectivity index (χ3v) is 14.2. The van der Waals surface area contributed by atoms with Gasteiger partial charge in [-0.05, 0) is 133 Å². The van der Waals surface area contributed by atoms with Crippen molar-refractivity contribution in [3.8, 4) is 39.8 Å². The lowest BCUT2D eigenvalue weighted by Crippen LogP contribution is -2.31. The summed E-state index contributed by atoms with van der Waals surface area (Å²) in [6.07, 6.45) is 8.69. The summed E-state index contributed by atoms with van der Waals surface area (Å²) in [5.74, 6) is 6.99. The van der Waals surface area contributed by atoms with Gasteiger partial charge in [-0.15, -0.1) is 0 Å². The van der Waals surface area contributed by atoms with Crippen LogP contribution in [0.5, 0.6) is 0 Å². The molecule has 0 aliphatic heterocycles. The number of hydrogen-bond donors (Lipinski definition) is 0. The van der Waals surface area contributed by atoms with Crippen LogP contribution in [0.25, 0.3) is 88.5 Å². The van der Waals surface area contributed by atoms with E-state index in [2.05, 4.69) is 253 Å². The van der Waals surface area contributed by atoms with Gasteiger partial charge in [0.2, 0.25) is 0 Å². The summed E-state index contributed by atoms with van der Waals surface area (Å²) in [7, 11) is 0. The van der Waals surface area contributed by atoms with Gasteiger partial charge in [0.05, 0.1) is 16.6 Å². The molecule has 326 valence electrons. The minimum Gasteiger partial charge on any atom is -0.344 e. The smallest absolute Gasteiger partial charge is 0.0675 e. The lowest BCUT2D eigenvalue weighted by Gasteiger charge is -2.34. The molecule has 0 saturated heterocycles. The fourth-order valence-electron chi connectivity index (χ4n) is 10.8. The minimum atomic E-state index is -0.256. The predicted octanol–water partition coefficient (Wildman–Crippen LogP) is 16.9. The van der Waals surface area contributed by atoms with E-state index < -0.39 is 0 Å². The van der Waals surface area contributed by atoms with E-state index in [1.54, 1.807) is 0 Å². The van der Waals surface area contributed by atoms with Crippen LogP contribution in [-0.2, 0) is 12.1 Å². The number of benzene rings is 8. The van der Waals surface area contributed by atoms with Crippen LogP contribution in [0.2, 0.25) is 0 Å². The maximum Gasteiger partial charge on any atom is 0.0675 e. The van der Waals surface area contributed by atoms with Crippen LogP contribution in [0.15, 0.2) is 194 Å². The largest absolute Gasteiger partial charge is 0.344 e. The number of hydrogen-bond acceptors (Lipinski definition) is 0. The van der Waals surface area contributed by atoms with Crippen molar-refractivity contribution in [2.75, 3.05) is 0 Å². The Morgan fingerprint density at radius 2 is 1.10 bits per heavy atom. The van der Waals surface area contributed by atoms with Crippen LogP contribution in [0, 0.1) is 18.8 Å². The van der Waals surface area contributed by atoms with Gasteiger partial charge < -0.3 is 13.7 Å². The molecule has 3 aromatic heterocycles. The molecule has 0 spiro atoms. The molecular formula is C64H55N3. The summed E-state index contributed by atoms with van der Waals surface area (Å²) in [6, 6.07) is 68.9. The zero-order valence-corrected chi connectivity index (χ0v) is 38.9. The first-order chi connectivity index (χ1) is 32.9. The normalized spacial score (nSPS) is 12.7. The number of rotatable bonds is 11. The van der Waals surface area contributed by atoms with E-state index in [0.29, 0.717) is 0 Å². The van der Waals surface area contributed by atoms with Crippen molar-refractivity contribution in [1.29, 1.82) is 0 Å². The molecular weight excluding hydrogens is 811 g/mol. The average molecular weight is 866 g/mol. The van der Waals surface area contributed by atoms with E-state index in [1.165, 1.54) is 93.6 Å². The van der Waals surface area contributed by atoms with Crippen molar-refractivity contribution < 1.29 is 0 Å². The second-order valence-corrected chi connectivity index (χ2v) is 18.3. The number of fused-ring (bicyclic) bond motifs is 7. The molecule has 3 heterocycles. The molecule has 0 N–H and O–H groups in total. The van der Waals surface area contributed by atoms with Crippen molar-refractivity contribution in [2.24, 2.45) is 0 Å². The maximum absolute atomic E-state index is 3.52. The Hall–Kier alpha value is -7.80. The third-order valence-electron chi connectivity index (χ3n) is 14.2. The van der Waals surface area contributed by atoms with Gasteiger partial charge in [-0.3, -0.25) is 0 Å². The number of allylic oxidation sites excluding steroid dienone is 1. The SMILES string of the molecule is CCCCC(C)(c1ccc2c(c1)c(/C=C\C#Cc1ccc3c(c1)c1ccccc1n3-c1cccc(-c3cccc(-c4ccccc4)c3)c1)c(C)n2CCC)n1c2ccccc2c2ccccc21. The maximum atomic E-state index is 3.52. The Bertz CT molecular complexity index is 3680. The van der Waals surface area contributed by atoms with Gasteiger partial charge >= 0.3 is 0 Å². The monoisotopic (exact) mass is 865 g/mol. The van der Waals surface area contributed by atoms with Crippen molar-refractivity contribution in [3.63, 3.8) is 0 Å². The van der Waals surface area contributed by atoms with Crippen LogP contribution in [-0.4, -0.2) is 13.7 Å². The van der Waals surface area contributed by atoms with Gasteiger partial charge in [0.25, 0.3) is 0 Å². The molecule has 3 heteroatoms. The van der Waals surface area contributed by atoms with Gasteiger partial charge in [-0.2, -0.15) is 0 Å². The molecule has 0 aliphatic carbocycles. The Kier molecular flexibility index (Phi) is 11.0. The van der Waals surface area contributed by atoms with E-state index in [1.807, 2.05) is 0 Å². The molecule has 11 rings (SSSR count). The highest BCUT2D eigenvalue weighted by atomic mass is 15.1. The first kappa shape index (κ1) is 41.9. The van der Waals surface area contributed by atoms with Crippen LogP contribution < -0.4 is 0 Å². The molecule has 67 heavy (non-hydrogen) atoms. The fraction of sp³-hybridized carbons (Fsp3) is 0.156. The molecule has 0 amide bonds. The van der Waals surface area contributed by atoms with Gasteiger partial charge in [0.15, 0.2) is 0 Å². The highest BCUT2D eigenvalue weighted by Gasteiger charge is 2.32. The summed E-state index contributed by atoms with van der Waals surface area (Å²) in [6.45, 7) is 10.3. The molecule has 0 fully saturated rings. The number of unbranched alkanes of at least 4 members (excludes halogenated alkanes) is 1. The van der Waals surface area contributed by atoms with E-state index in [-0.39, 0.29) is 5.54 Å². The van der Waals surface area contributed by atoms with Crippen LogP contribution >= 0.6 is 0 Å². The summed E-state index contributed by atoms with van der Waals surface area (Å²) in [4.78, 5) is 0. The van der Waals surface area contributed by atoms with Crippen molar-refractivity contribution >= 4 is 60.6 Å². The van der Waals surface area contributed by atoms with Crippen LogP contribution in [0.1, 0.15) is 68.8 Å². The topological polar surface area (TPSA) is 14.8 Å². The van der Waals surface area contributed by atoms with Gasteiger partial charge in [0, 0.05) is 72.5 Å². The zero-order chi connectivity index (χ0) is 45.5. The predicted molar refractivity (Wildman–Crippen MR) is 286 cm³/mol. The summed E-state index contributed by atoms with van der Waals surface area (Å²) >= 11 is 0. The Morgan fingerprint density at radius 1 is 0.507 bits per heavy atom. The number of aryl methyl sites for hydroxylation is 1. The second kappa shape index (κ2) is 17.5. The van der Waals surface area contributed by atoms with Crippen molar-refractivity contribution in [3.05, 3.63) is 217 Å². The molecule has 0 saturated carbocycles. The molecule has 11 aromatic rings. The highest BCUT2D eigenvalue weighted by molar-refractivity contribution is 6.10. The molecule has 8 aromatic carbocycles. The average Bonchev–Trinajstić information content (AvgIpc) is 3.99. The summed E-state index contributed by atoms with van der Waals surface area (Å²) in [5, 5.41) is 6.32. The van der Waals surface area contributed by atoms with Crippen LogP contribution in [0.4, 0.5) is 0 Å². The first-order valence-corrected chi connectivity index (χ1v) is 24.0. The second-order valence-electron chi connectivity index (χ2n) is 18.3. The highest BCUT2D eigenvalue weighted by Crippen LogP contribution is 2.42. The summed E-state index contributed by atoms with van der Waals surface area (Å²) < 4.78 is 7.52. The minimum absolute atomic E-state index is 0.256. The van der Waals surface area contributed by atoms with E-state index in [4.69, 9.17) is 0 Å². The number of nitrogens with zero attached hydrogens (tertiary/aromatic N) is 3. The molecule has 1 atom stereocenters. The lowest BCUT2D eigenvalue weighted by molar-refractivity contribution is 0.371. The lowest BCUT2D eigenvalue weighted by atomic mass is 9.85. The fourth-order valence-corrected chi connectivity index (χ4v) is 10.8. The first-order valence-electron chi connectivity index (χ1n) is 24.0. The quantitative estimate of drug-likeness (QED) is 0.115. The van der Waals surface area contributed by atoms with Gasteiger partial charge in [0.1, 0.15) is 0 Å². The zero-order valence-electron chi connectivity index (χ0n) is 38.9. The molecule has 3 nitrogen and oxygen atoms in total. The summed E-state index contributed by atoms with van der Waals surface area (Å²) in [5.41, 5.74) is 16.8. The van der Waals surface area contributed by atoms with Gasteiger partial charge in [-0.25, -0.2) is 0 Å². The third kappa shape index (κ3) is 7.34. The molecule has 0 radical (unpaired) electrons. The molecule has 0 aliphatic rings. The van der Waals surface area contributed by atoms with Crippen molar-refractivity contribution in [2.45, 2.75) is 65.5 Å². The van der Waals surface area contributed by atoms with Crippen molar-refractivity contribution in [1.82, 2.24) is 13.7 Å². The Labute approximate surface area is 394 Å². The molecule has 1 unspecified atom stereocenters. The van der Waals surface area contributed by atoms with E-state index >= 15 is 0 Å². The molecule has 0 bridgehead atoms. The Morgan fingerprint density at radius 3 is 1.82 bits per heavy atom. The van der Waals surface area contributed by atoms with E-state index in [0.717, 1.165) is 43.5 Å².